The summed E-state index contributed by atoms with van der Waals surface area (Å²) in [6.07, 6.45) is -0.0146. The van der Waals surface area contributed by atoms with E-state index < -0.39 is 12.3 Å². The van der Waals surface area contributed by atoms with E-state index in [9.17, 15) is 14.4 Å². The number of rotatable bonds is 7. The van der Waals surface area contributed by atoms with E-state index in [0.29, 0.717) is 12.5 Å². The lowest BCUT2D eigenvalue weighted by atomic mass is 10.2. The van der Waals surface area contributed by atoms with E-state index in [1.807, 2.05) is 0 Å². The third kappa shape index (κ3) is 5.87. The molecule has 15 heavy (non-hydrogen) atoms. The molecule has 0 spiro atoms. The average Bonchev–Trinajstić information content (AvgIpc) is 2.21. The molecular weight excluding hydrogens is 204 g/mol. The first-order valence-corrected chi connectivity index (χ1v) is 3.72. The van der Waals surface area contributed by atoms with Crippen molar-refractivity contribution in [2.24, 2.45) is 0 Å². The van der Waals surface area contributed by atoms with Crippen LogP contribution in [0.4, 0.5) is 0 Å². The van der Waals surface area contributed by atoms with E-state index in [4.69, 9.17) is 5.11 Å². The summed E-state index contributed by atoms with van der Waals surface area (Å²) in [5.74, 6) is 1.40. The van der Waals surface area contributed by atoms with E-state index in [1.165, 1.54) is 11.9 Å². The first kappa shape index (κ1) is 12.7. The average molecular weight is 212 g/mol. The molecule has 0 amide bonds. The predicted molar refractivity (Wildman–Crippen MR) is 47.9 cm³/mol. The first-order valence-electron chi connectivity index (χ1n) is 3.72. The van der Waals surface area contributed by atoms with Gasteiger partial charge in [-0.2, -0.15) is 0 Å². The monoisotopic (exact) mass is 212 g/mol. The van der Waals surface area contributed by atoms with Crippen molar-refractivity contribution < 1.29 is 29.0 Å². The zero-order valence-corrected chi connectivity index (χ0v) is 7.63. The van der Waals surface area contributed by atoms with Gasteiger partial charge in [0.05, 0.1) is 6.42 Å². The van der Waals surface area contributed by atoms with Gasteiger partial charge in [-0.05, 0) is 0 Å². The lowest BCUT2D eigenvalue weighted by molar-refractivity contribution is -0.134. The third-order valence-corrected chi connectivity index (χ3v) is 1.25. The van der Waals surface area contributed by atoms with Crippen LogP contribution >= 0.6 is 0 Å². The Morgan fingerprint density at radius 1 is 1.33 bits per heavy atom. The highest BCUT2D eigenvalue weighted by Crippen LogP contribution is 2.08. The zero-order valence-electron chi connectivity index (χ0n) is 7.63. The minimum Gasteiger partial charge on any atom is -0.478 e. The Hall–Kier alpha value is -2.29. The molecule has 0 bridgehead atoms. The summed E-state index contributed by atoms with van der Waals surface area (Å²) >= 11 is 0. The van der Waals surface area contributed by atoms with Crippen LogP contribution in [0.25, 0.3) is 0 Å². The lowest BCUT2D eigenvalue weighted by Gasteiger charge is -2.13. The molecule has 0 saturated carbocycles. The highest BCUT2D eigenvalue weighted by atomic mass is 16.7. The van der Waals surface area contributed by atoms with Gasteiger partial charge in [-0.1, -0.05) is 6.58 Å². The maximum atomic E-state index is 10.4. The fraction of sp³-hybridized carbons (Fsp3) is 0.222. The summed E-state index contributed by atoms with van der Waals surface area (Å²) in [4.78, 5) is 30.0. The normalized spacial score (nSPS) is 10.1. The SMILES string of the molecule is C=C(CC(OC=C=O)OC=C=O)C(=O)O. The fourth-order valence-electron chi connectivity index (χ4n) is 0.624. The molecule has 0 aliphatic heterocycles. The molecule has 0 heterocycles. The van der Waals surface area contributed by atoms with Gasteiger partial charge in [-0.15, -0.1) is 0 Å². The molecule has 1 N–H and O–H groups in total. The number of carboxylic acids is 1. The summed E-state index contributed by atoms with van der Waals surface area (Å²) in [5, 5.41) is 8.50. The molecule has 0 saturated heterocycles. The van der Waals surface area contributed by atoms with Crippen molar-refractivity contribution in [3.8, 4) is 0 Å². The van der Waals surface area contributed by atoms with Crippen LogP contribution in [0.3, 0.4) is 0 Å². The molecule has 0 radical (unpaired) electrons. The van der Waals surface area contributed by atoms with Crippen molar-refractivity contribution in [1.29, 1.82) is 0 Å². The van der Waals surface area contributed by atoms with Crippen LogP contribution in [0.15, 0.2) is 24.7 Å². The topological polar surface area (TPSA) is 89.9 Å². The Morgan fingerprint density at radius 2 is 1.80 bits per heavy atom. The van der Waals surface area contributed by atoms with Crippen LogP contribution in [0, 0.1) is 0 Å². The summed E-state index contributed by atoms with van der Waals surface area (Å²) < 4.78 is 9.22. The van der Waals surface area contributed by atoms with Crippen LogP contribution in [0.2, 0.25) is 0 Å². The molecule has 0 fully saturated rings. The Bertz CT molecular complexity index is 313. The standard InChI is InChI=1S/C9H8O6/c1-7(9(12)13)6-8(14-4-2-10)15-5-3-11/h4-5,8H,1,6H2,(H,12,13). The van der Waals surface area contributed by atoms with Crippen LogP contribution in [-0.4, -0.2) is 29.2 Å². The molecule has 0 aliphatic rings. The predicted octanol–water partition coefficient (Wildman–Crippen LogP) is 0.0672. The minimum atomic E-state index is -1.22. The van der Waals surface area contributed by atoms with E-state index in [2.05, 4.69) is 16.1 Å². The molecule has 0 rings (SSSR count). The van der Waals surface area contributed by atoms with Crippen molar-refractivity contribution in [2.75, 3.05) is 0 Å². The van der Waals surface area contributed by atoms with Gasteiger partial charge < -0.3 is 14.6 Å². The van der Waals surface area contributed by atoms with E-state index in [1.54, 1.807) is 0 Å². The number of hydrogen-bond donors (Lipinski definition) is 1. The first-order chi connectivity index (χ1) is 7.11. The lowest BCUT2D eigenvalue weighted by Crippen LogP contribution is -2.15. The second-order valence-electron chi connectivity index (χ2n) is 2.29. The van der Waals surface area contributed by atoms with E-state index in [0.717, 1.165) is 0 Å². The van der Waals surface area contributed by atoms with Crippen LogP contribution in [0.1, 0.15) is 6.42 Å². The summed E-state index contributed by atoms with van der Waals surface area (Å²) in [6, 6.07) is 0. The second-order valence-corrected chi connectivity index (χ2v) is 2.29. The van der Waals surface area contributed by atoms with E-state index in [-0.39, 0.29) is 12.0 Å². The Balaban J connectivity index is 4.34. The molecule has 6 heteroatoms. The van der Waals surface area contributed by atoms with Crippen molar-refractivity contribution in [3.05, 3.63) is 24.7 Å². The number of aliphatic carboxylic acids is 1. The molecule has 80 valence electrons. The molecule has 0 aliphatic carbocycles. The van der Waals surface area contributed by atoms with Crippen LogP contribution in [-0.2, 0) is 23.9 Å². The van der Waals surface area contributed by atoms with Gasteiger partial charge >= 0.3 is 5.97 Å². The Labute approximate surface area is 85.1 Å². The van der Waals surface area contributed by atoms with Gasteiger partial charge in [0.1, 0.15) is 0 Å². The minimum absolute atomic E-state index is 0.182. The number of hydrogen-bond acceptors (Lipinski definition) is 5. The third-order valence-electron chi connectivity index (χ3n) is 1.25. The molecule has 6 nitrogen and oxygen atoms in total. The van der Waals surface area contributed by atoms with Gasteiger partial charge in [0.2, 0.25) is 6.29 Å². The van der Waals surface area contributed by atoms with Gasteiger partial charge in [0, 0.05) is 5.57 Å². The molecule has 0 aromatic carbocycles. The summed E-state index contributed by atoms with van der Waals surface area (Å²) in [5.41, 5.74) is -0.182. The van der Waals surface area contributed by atoms with Gasteiger partial charge in [-0.3, -0.25) is 0 Å². The van der Waals surface area contributed by atoms with Crippen molar-refractivity contribution >= 4 is 17.9 Å². The van der Waals surface area contributed by atoms with E-state index >= 15 is 0 Å². The summed E-state index contributed by atoms with van der Waals surface area (Å²) in [7, 11) is 0. The Kier molecular flexibility index (Phi) is 6.06. The highest BCUT2D eigenvalue weighted by molar-refractivity contribution is 5.85. The van der Waals surface area contributed by atoms with Crippen LogP contribution in [0.5, 0.6) is 0 Å². The smallest absolute Gasteiger partial charge is 0.331 e. The number of ether oxygens (including phenoxy) is 2. The number of carbonyl (C=O) groups excluding carboxylic acids is 2. The molecule has 0 aromatic rings. The van der Waals surface area contributed by atoms with Gasteiger partial charge in [0.15, 0.2) is 24.4 Å². The fourth-order valence-corrected chi connectivity index (χ4v) is 0.624. The van der Waals surface area contributed by atoms with Crippen molar-refractivity contribution in [2.45, 2.75) is 12.7 Å². The highest BCUT2D eigenvalue weighted by Gasteiger charge is 2.14. The van der Waals surface area contributed by atoms with Crippen LogP contribution < -0.4 is 0 Å². The largest absolute Gasteiger partial charge is 0.478 e. The quantitative estimate of drug-likeness (QED) is 0.278. The number of carbonyl (C=O) groups is 1. The van der Waals surface area contributed by atoms with Gasteiger partial charge in [0.25, 0.3) is 0 Å². The molecular formula is C9H8O6. The summed E-state index contributed by atoms with van der Waals surface area (Å²) in [6.45, 7) is 3.23. The number of carboxylic acid groups (broad SMARTS) is 1. The maximum Gasteiger partial charge on any atom is 0.331 e. The van der Waals surface area contributed by atoms with Crippen molar-refractivity contribution in [1.82, 2.24) is 0 Å². The molecule has 0 unspecified atom stereocenters. The van der Waals surface area contributed by atoms with Crippen molar-refractivity contribution in [3.63, 3.8) is 0 Å². The van der Waals surface area contributed by atoms with Gasteiger partial charge in [-0.25, -0.2) is 14.4 Å². The second kappa shape index (κ2) is 7.15. The maximum absolute atomic E-state index is 10.4. The zero-order chi connectivity index (χ0) is 11.7. The molecule has 0 atom stereocenters. The Morgan fingerprint density at radius 3 is 2.13 bits per heavy atom. The molecule has 0 aromatic heterocycles.